The monoisotopic (exact) mass is 342 g/mol. The molecule has 0 amide bonds. The highest BCUT2D eigenvalue weighted by Gasteiger charge is 2.65. The van der Waals surface area contributed by atoms with Gasteiger partial charge in [-0.1, -0.05) is 6.08 Å². The smallest absolute Gasteiger partial charge is 0.337 e. The van der Waals surface area contributed by atoms with Crippen molar-refractivity contribution in [2.75, 3.05) is 7.11 Å². The molecule has 1 heterocycles. The van der Waals surface area contributed by atoms with E-state index in [0.717, 1.165) is 13.4 Å². The minimum atomic E-state index is -1.82. The molecule has 0 bridgehead atoms. The lowest BCUT2D eigenvalue weighted by atomic mass is 9.81. The van der Waals surface area contributed by atoms with E-state index in [1.54, 1.807) is 6.92 Å². The number of allylic oxidation sites excluding steroid dienone is 1. The Bertz CT molecular complexity index is 591. The van der Waals surface area contributed by atoms with E-state index >= 15 is 0 Å². The summed E-state index contributed by atoms with van der Waals surface area (Å²) in [6, 6.07) is 0. The molecule has 2 aliphatic rings. The van der Waals surface area contributed by atoms with Gasteiger partial charge in [0.25, 0.3) is 0 Å². The molecule has 0 spiro atoms. The number of methoxy groups -OCH3 is 1. The van der Waals surface area contributed by atoms with Crippen LogP contribution in [0.2, 0.25) is 0 Å². The summed E-state index contributed by atoms with van der Waals surface area (Å²) in [5.41, 5.74) is -1.56. The van der Waals surface area contributed by atoms with Crippen molar-refractivity contribution < 1.29 is 39.1 Å². The van der Waals surface area contributed by atoms with Crippen LogP contribution >= 0.6 is 0 Å². The fourth-order valence-corrected chi connectivity index (χ4v) is 3.27. The van der Waals surface area contributed by atoms with Crippen molar-refractivity contribution in [1.82, 2.24) is 0 Å². The molecule has 2 rings (SSSR count). The minimum Gasteiger partial charge on any atom is -0.472 e. The number of fused-ring (bicyclic) bond motifs is 1. The number of aliphatic hydroxyl groups excluding tert-OH is 2. The molecule has 6 atom stereocenters. The summed E-state index contributed by atoms with van der Waals surface area (Å²) in [5, 5.41) is 31.4. The maximum atomic E-state index is 12.0. The molecule has 1 aliphatic heterocycles. The van der Waals surface area contributed by atoms with E-state index in [1.807, 2.05) is 0 Å². The van der Waals surface area contributed by atoms with E-state index in [0.29, 0.717) is 5.57 Å². The first-order valence-corrected chi connectivity index (χ1v) is 7.53. The zero-order valence-electron chi connectivity index (χ0n) is 13.9. The number of carbonyl (C=O) groups is 2. The number of ether oxygens (including phenoxy) is 3. The molecule has 0 aromatic carbocycles. The first-order chi connectivity index (χ1) is 11.2. The second-order valence-corrected chi connectivity index (χ2v) is 6.16. The van der Waals surface area contributed by atoms with Gasteiger partial charge in [-0.3, -0.25) is 0 Å². The molecular weight excluding hydrogens is 320 g/mol. The zero-order chi connectivity index (χ0) is 18.2. The van der Waals surface area contributed by atoms with Crippen molar-refractivity contribution in [1.29, 1.82) is 0 Å². The molecule has 1 aliphatic carbocycles. The molecule has 0 aromatic rings. The Balaban J connectivity index is 2.39. The maximum absolute atomic E-state index is 12.0. The lowest BCUT2D eigenvalue weighted by Crippen LogP contribution is -2.49. The molecule has 1 unspecified atom stereocenters. The van der Waals surface area contributed by atoms with Crippen LogP contribution in [0.5, 0.6) is 0 Å². The highest BCUT2D eigenvalue weighted by atomic mass is 16.6. The molecule has 0 radical (unpaired) electrons. The third-order valence-corrected chi connectivity index (χ3v) is 4.73. The van der Waals surface area contributed by atoms with Crippen molar-refractivity contribution in [3.05, 3.63) is 23.5 Å². The van der Waals surface area contributed by atoms with E-state index in [4.69, 9.17) is 9.47 Å². The molecule has 24 heavy (non-hydrogen) atoms. The van der Waals surface area contributed by atoms with Gasteiger partial charge < -0.3 is 29.5 Å². The van der Waals surface area contributed by atoms with Crippen molar-refractivity contribution in [2.24, 2.45) is 11.8 Å². The fourth-order valence-electron chi connectivity index (χ4n) is 3.27. The molecule has 1 saturated carbocycles. The summed E-state index contributed by atoms with van der Waals surface area (Å²) in [6.07, 6.45) is -1.71. The van der Waals surface area contributed by atoms with Gasteiger partial charge in [0.2, 0.25) is 6.29 Å². The maximum Gasteiger partial charge on any atom is 0.337 e. The Labute approximate surface area is 139 Å². The second-order valence-electron chi connectivity index (χ2n) is 6.16. The topological polar surface area (TPSA) is 123 Å². The van der Waals surface area contributed by atoms with Crippen molar-refractivity contribution in [3.8, 4) is 0 Å². The largest absolute Gasteiger partial charge is 0.472 e. The Kier molecular flexibility index (Phi) is 5.03. The van der Waals surface area contributed by atoms with Gasteiger partial charge in [0, 0.05) is 11.5 Å². The second kappa shape index (κ2) is 6.54. The lowest BCUT2D eigenvalue weighted by Gasteiger charge is -2.36. The SMILES string of the molecule is C/C=C(\C)C(=O)O[C@H]1[C@@H](O)[C@@H]2C(C(=O)OC)=COC(O)[C@@H]2[C@@]1(C)O. The number of rotatable bonds is 3. The van der Waals surface area contributed by atoms with E-state index in [1.165, 1.54) is 19.9 Å². The van der Waals surface area contributed by atoms with Crippen LogP contribution in [0.1, 0.15) is 20.8 Å². The molecule has 8 nitrogen and oxygen atoms in total. The molecular formula is C16H22O8. The predicted molar refractivity (Wildman–Crippen MR) is 80.1 cm³/mol. The van der Waals surface area contributed by atoms with Gasteiger partial charge in [0.05, 0.1) is 24.9 Å². The van der Waals surface area contributed by atoms with Crippen molar-refractivity contribution >= 4 is 11.9 Å². The predicted octanol–water partition coefficient (Wildman–Crippen LogP) is -0.372. The molecule has 3 N–H and O–H groups in total. The van der Waals surface area contributed by atoms with Gasteiger partial charge in [-0.25, -0.2) is 9.59 Å². The van der Waals surface area contributed by atoms with Crippen LogP contribution in [0.3, 0.4) is 0 Å². The van der Waals surface area contributed by atoms with Gasteiger partial charge in [-0.05, 0) is 20.8 Å². The average molecular weight is 342 g/mol. The quantitative estimate of drug-likeness (QED) is 0.469. The van der Waals surface area contributed by atoms with Crippen LogP contribution < -0.4 is 0 Å². The summed E-state index contributed by atoms with van der Waals surface area (Å²) >= 11 is 0. The van der Waals surface area contributed by atoms with E-state index in [-0.39, 0.29) is 5.57 Å². The first-order valence-electron chi connectivity index (χ1n) is 7.53. The normalized spacial score (nSPS) is 38.7. The fraction of sp³-hybridized carbons (Fsp3) is 0.625. The Hall–Kier alpha value is -1.90. The van der Waals surface area contributed by atoms with Crippen molar-refractivity contribution in [2.45, 2.75) is 44.9 Å². The summed E-state index contributed by atoms with van der Waals surface area (Å²) < 4.78 is 14.9. The summed E-state index contributed by atoms with van der Waals surface area (Å²) in [4.78, 5) is 23.9. The highest BCUT2D eigenvalue weighted by molar-refractivity contribution is 5.89. The highest BCUT2D eigenvalue weighted by Crippen LogP contribution is 2.49. The van der Waals surface area contributed by atoms with E-state index in [2.05, 4.69) is 4.74 Å². The number of hydrogen-bond acceptors (Lipinski definition) is 8. The van der Waals surface area contributed by atoms with Gasteiger partial charge in [0.15, 0.2) is 6.10 Å². The van der Waals surface area contributed by atoms with Crippen LogP contribution in [-0.2, 0) is 23.8 Å². The van der Waals surface area contributed by atoms with Crippen LogP contribution in [0.15, 0.2) is 23.5 Å². The molecule has 8 heteroatoms. The van der Waals surface area contributed by atoms with E-state index in [9.17, 15) is 24.9 Å². The zero-order valence-corrected chi connectivity index (χ0v) is 13.9. The first kappa shape index (κ1) is 18.4. The van der Waals surface area contributed by atoms with E-state index < -0.39 is 47.9 Å². The summed E-state index contributed by atoms with van der Waals surface area (Å²) in [6.45, 7) is 4.50. The number of hydrogen-bond donors (Lipinski definition) is 3. The van der Waals surface area contributed by atoms with Gasteiger partial charge >= 0.3 is 11.9 Å². The van der Waals surface area contributed by atoms with Gasteiger partial charge in [-0.15, -0.1) is 0 Å². The van der Waals surface area contributed by atoms with Crippen LogP contribution in [0, 0.1) is 11.8 Å². The molecule has 0 saturated heterocycles. The van der Waals surface area contributed by atoms with Crippen molar-refractivity contribution in [3.63, 3.8) is 0 Å². The standard InChI is InChI=1S/C16H22O8/c1-5-7(2)13(18)24-12-11(17)9-8(14(19)22-4)6-23-15(20)10(9)16(12,3)21/h5-6,9-12,15,17,20-21H,1-4H3/b7-5+/t9-,10-,11+,12+,15?,16-/m1/s1. The molecule has 1 fully saturated rings. The lowest BCUT2D eigenvalue weighted by molar-refractivity contribution is -0.190. The average Bonchev–Trinajstić information content (AvgIpc) is 2.75. The molecule has 0 aromatic heterocycles. The van der Waals surface area contributed by atoms with Crippen LogP contribution in [-0.4, -0.2) is 58.5 Å². The number of carbonyl (C=O) groups excluding carboxylic acids is 2. The third kappa shape index (κ3) is 2.81. The minimum absolute atomic E-state index is 0.0399. The summed E-state index contributed by atoms with van der Waals surface area (Å²) in [5.74, 6) is -3.54. The number of aliphatic hydroxyl groups is 3. The van der Waals surface area contributed by atoms with Gasteiger partial charge in [-0.2, -0.15) is 0 Å². The summed E-state index contributed by atoms with van der Waals surface area (Å²) in [7, 11) is 1.16. The Morgan fingerprint density at radius 2 is 2.00 bits per heavy atom. The third-order valence-electron chi connectivity index (χ3n) is 4.73. The Morgan fingerprint density at radius 1 is 1.38 bits per heavy atom. The molecule has 134 valence electrons. The van der Waals surface area contributed by atoms with Crippen LogP contribution in [0.25, 0.3) is 0 Å². The van der Waals surface area contributed by atoms with Gasteiger partial charge in [0.1, 0.15) is 11.7 Å². The number of esters is 2. The Morgan fingerprint density at radius 3 is 2.54 bits per heavy atom. The van der Waals surface area contributed by atoms with Crippen LogP contribution in [0.4, 0.5) is 0 Å².